The molecule has 0 radical (unpaired) electrons. The predicted molar refractivity (Wildman–Crippen MR) is 130 cm³/mol. The first-order valence-electron chi connectivity index (χ1n) is 10.7. The van der Waals surface area contributed by atoms with Crippen LogP contribution in [0.15, 0.2) is 58.1 Å². The zero-order valence-electron chi connectivity index (χ0n) is 17.7. The number of hydrogen-bond acceptors (Lipinski definition) is 4. The van der Waals surface area contributed by atoms with Gasteiger partial charge in [-0.1, -0.05) is 30.3 Å². The molecule has 7 heteroatoms. The standard InChI is InChI=1S/C23H32N4O2.HI/c1-19(20-6-3-2-4-7-20)25-23(24-11-9-22-8-5-15-29-22)27-12-10-21(18-27)26-13-16-28-17-14-26;/h2-8,15,19,21H,9-14,16-18H2,1H3,(H,24,25);1H. The van der Waals surface area contributed by atoms with Crippen molar-refractivity contribution in [3.05, 3.63) is 60.1 Å². The predicted octanol–water partition coefficient (Wildman–Crippen LogP) is 3.55. The van der Waals surface area contributed by atoms with Crippen molar-refractivity contribution in [3.63, 3.8) is 0 Å². The molecule has 2 saturated heterocycles. The molecular formula is C23H33IN4O2. The number of ether oxygens (including phenoxy) is 1. The van der Waals surface area contributed by atoms with Gasteiger partial charge in [0.25, 0.3) is 0 Å². The third kappa shape index (κ3) is 6.21. The van der Waals surface area contributed by atoms with E-state index in [4.69, 9.17) is 14.1 Å². The van der Waals surface area contributed by atoms with E-state index in [2.05, 4.69) is 52.4 Å². The number of nitrogens with zero attached hydrogens (tertiary/aromatic N) is 3. The van der Waals surface area contributed by atoms with Crippen LogP contribution in [-0.4, -0.2) is 67.7 Å². The van der Waals surface area contributed by atoms with E-state index in [1.165, 1.54) is 12.0 Å². The molecule has 2 atom stereocenters. The first-order valence-corrected chi connectivity index (χ1v) is 10.7. The lowest BCUT2D eigenvalue weighted by molar-refractivity contribution is 0.0194. The van der Waals surface area contributed by atoms with Gasteiger partial charge in [0.05, 0.1) is 25.5 Å². The maximum atomic E-state index is 5.52. The van der Waals surface area contributed by atoms with Crippen molar-refractivity contribution < 1.29 is 9.15 Å². The van der Waals surface area contributed by atoms with Gasteiger partial charge in [-0.25, -0.2) is 0 Å². The lowest BCUT2D eigenvalue weighted by Gasteiger charge is -2.32. The fraction of sp³-hybridized carbons (Fsp3) is 0.522. The van der Waals surface area contributed by atoms with E-state index >= 15 is 0 Å². The second kappa shape index (κ2) is 11.7. The van der Waals surface area contributed by atoms with Gasteiger partial charge in [0, 0.05) is 45.2 Å². The molecule has 6 nitrogen and oxygen atoms in total. The molecule has 2 aromatic rings. The van der Waals surface area contributed by atoms with Gasteiger partial charge in [-0.15, -0.1) is 24.0 Å². The Morgan fingerprint density at radius 3 is 2.67 bits per heavy atom. The quantitative estimate of drug-likeness (QED) is 0.356. The minimum absolute atomic E-state index is 0. The molecule has 3 heterocycles. The monoisotopic (exact) mass is 524 g/mol. The van der Waals surface area contributed by atoms with E-state index in [1.54, 1.807) is 6.26 Å². The minimum Gasteiger partial charge on any atom is -0.469 e. The number of nitrogens with one attached hydrogen (secondary N) is 1. The van der Waals surface area contributed by atoms with E-state index in [0.717, 1.165) is 64.1 Å². The Kier molecular flexibility index (Phi) is 9.02. The number of furan rings is 1. The molecular weight excluding hydrogens is 491 g/mol. The average molecular weight is 524 g/mol. The summed E-state index contributed by atoms with van der Waals surface area (Å²) < 4.78 is 11.0. The molecule has 1 aromatic carbocycles. The summed E-state index contributed by atoms with van der Waals surface area (Å²) in [6.45, 7) is 8.76. The highest BCUT2D eigenvalue weighted by Gasteiger charge is 2.30. The van der Waals surface area contributed by atoms with Gasteiger partial charge in [-0.2, -0.15) is 0 Å². The van der Waals surface area contributed by atoms with E-state index < -0.39 is 0 Å². The van der Waals surface area contributed by atoms with Gasteiger partial charge in [0.15, 0.2) is 5.96 Å². The number of benzene rings is 1. The van der Waals surface area contributed by atoms with E-state index in [9.17, 15) is 0 Å². The molecule has 0 amide bonds. The largest absolute Gasteiger partial charge is 0.469 e. The first-order chi connectivity index (χ1) is 14.3. The van der Waals surface area contributed by atoms with Crippen LogP contribution in [0, 0.1) is 0 Å². The third-order valence-corrected chi connectivity index (χ3v) is 5.87. The van der Waals surface area contributed by atoms with Crippen LogP contribution >= 0.6 is 24.0 Å². The van der Waals surface area contributed by atoms with Crippen LogP contribution in [-0.2, 0) is 11.2 Å². The van der Waals surface area contributed by atoms with Gasteiger partial charge in [0.1, 0.15) is 5.76 Å². The Bertz CT molecular complexity index is 763. The molecule has 0 bridgehead atoms. The van der Waals surface area contributed by atoms with Crippen molar-refractivity contribution in [1.29, 1.82) is 0 Å². The molecule has 2 aliphatic rings. The minimum atomic E-state index is 0. The first kappa shape index (κ1) is 23.1. The number of morpholine rings is 1. The molecule has 2 aliphatic heterocycles. The number of guanidine groups is 1. The lowest BCUT2D eigenvalue weighted by atomic mass is 10.1. The topological polar surface area (TPSA) is 53.2 Å². The molecule has 1 aromatic heterocycles. The van der Waals surface area contributed by atoms with E-state index in [1.807, 2.05) is 12.1 Å². The van der Waals surface area contributed by atoms with Crippen LogP contribution in [0.4, 0.5) is 0 Å². The molecule has 2 unspecified atom stereocenters. The Balaban J connectivity index is 0.00000256. The Morgan fingerprint density at radius 2 is 1.93 bits per heavy atom. The fourth-order valence-corrected chi connectivity index (χ4v) is 4.16. The summed E-state index contributed by atoms with van der Waals surface area (Å²) in [7, 11) is 0. The lowest BCUT2D eigenvalue weighted by Crippen LogP contribution is -2.47. The van der Waals surface area contributed by atoms with Crippen molar-refractivity contribution in [2.75, 3.05) is 45.9 Å². The highest BCUT2D eigenvalue weighted by atomic mass is 127. The molecule has 0 aliphatic carbocycles. The Hall–Kier alpha value is -1.58. The Labute approximate surface area is 196 Å². The second-order valence-electron chi connectivity index (χ2n) is 7.85. The van der Waals surface area contributed by atoms with Crippen molar-refractivity contribution >= 4 is 29.9 Å². The number of halogens is 1. The molecule has 164 valence electrons. The van der Waals surface area contributed by atoms with Crippen LogP contribution in [0.3, 0.4) is 0 Å². The summed E-state index contributed by atoms with van der Waals surface area (Å²) in [6, 6.07) is 15.3. The number of aliphatic imine (C=N–C) groups is 1. The highest BCUT2D eigenvalue weighted by molar-refractivity contribution is 14.0. The maximum Gasteiger partial charge on any atom is 0.194 e. The third-order valence-electron chi connectivity index (χ3n) is 5.87. The molecule has 0 spiro atoms. The fourth-order valence-electron chi connectivity index (χ4n) is 4.16. The highest BCUT2D eigenvalue weighted by Crippen LogP contribution is 2.19. The number of hydrogen-bond donors (Lipinski definition) is 1. The normalized spacial score (nSPS) is 21.3. The van der Waals surface area contributed by atoms with Gasteiger partial charge < -0.3 is 19.4 Å². The summed E-state index contributed by atoms with van der Waals surface area (Å²) in [6.07, 6.45) is 3.72. The van der Waals surface area contributed by atoms with Crippen molar-refractivity contribution in [1.82, 2.24) is 15.1 Å². The summed E-state index contributed by atoms with van der Waals surface area (Å²) in [5, 5.41) is 3.68. The zero-order chi connectivity index (χ0) is 19.9. The van der Waals surface area contributed by atoms with Crippen molar-refractivity contribution in [2.24, 2.45) is 4.99 Å². The van der Waals surface area contributed by atoms with Crippen molar-refractivity contribution in [2.45, 2.75) is 31.8 Å². The van der Waals surface area contributed by atoms with Gasteiger partial charge in [-0.3, -0.25) is 9.89 Å². The summed E-state index contributed by atoms with van der Waals surface area (Å²) in [4.78, 5) is 9.95. The van der Waals surface area contributed by atoms with Gasteiger partial charge >= 0.3 is 0 Å². The number of rotatable bonds is 6. The molecule has 4 rings (SSSR count). The molecule has 0 saturated carbocycles. The van der Waals surface area contributed by atoms with Crippen LogP contribution in [0.1, 0.15) is 30.7 Å². The molecule has 30 heavy (non-hydrogen) atoms. The SMILES string of the molecule is CC(NC(=NCCc1ccco1)N1CCC(N2CCOCC2)C1)c1ccccc1.I. The van der Waals surface area contributed by atoms with Crippen LogP contribution in [0.2, 0.25) is 0 Å². The van der Waals surface area contributed by atoms with Crippen molar-refractivity contribution in [3.8, 4) is 0 Å². The van der Waals surface area contributed by atoms with E-state index in [-0.39, 0.29) is 30.0 Å². The van der Waals surface area contributed by atoms with Gasteiger partial charge in [-0.05, 0) is 31.0 Å². The van der Waals surface area contributed by atoms with Gasteiger partial charge in [0.2, 0.25) is 0 Å². The molecule has 2 fully saturated rings. The summed E-state index contributed by atoms with van der Waals surface area (Å²) in [5.74, 6) is 1.99. The second-order valence-corrected chi connectivity index (χ2v) is 7.85. The van der Waals surface area contributed by atoms with Crippen LogP contribution in [0.5, 0.6) is 0 Å². The summed E-state index contributed by atoms with van der Waals surface area (Å²) in [5.41, 5.74) is 1.27. The van der Waals surface area contributed by atoms with Crippen LogP contribution in [0.25, 0.3) is 0 Å². The average Bonchev–Trinajstić information content (AvgIpc) is 3.47. The number of likely N-dealkylation sites (tertiary alicyclic amines) is 1. The molecule has 1 N–H and O–H groups in total. The van der Waals surface area contributed by atoms with E-state index in [0.29, 0.717) is 6.04 Å². The smallest absolute Gasteiger partial charge is 0.194 e. The Morgan fingerprint density at radius 1 is 1.13 bits per heavy atom. The van der Waals surface area contributed by atoms with Crippen LogP contribution < -0.4 is 5.32 Å². The summed E-state index contributed by atoms with van der Waals surface area (Å²) >= 11 is 0. The zero-order valence-corrected chi connectivity index (χ0v) is 20.0. The maximum absolute atomic E-state index is 5.52.